The van der Waals surface area contributed by atoms with Crippen LogP contribution in [-0.4, -0.2) is 73.9 Å². The smallest absolute Gasteiger partial charge is 0.332 e. The van der Waals surface area contributed by atoms with Gasteiger partial charge < -0.3 is 9.30 Å². The number of anilines is 1. The molecule has 0 unspecified atom stereocenters. The SMILES string of the molecule is Cc1ccc(C)c2sc(N(CCN3CCOCC3)C(=O)Cn3cnc4c3c(=O)n(C)c(=O)n4C)nc12. The minimum Gasteiger partial charge on any atom is -0.379 e. The van der Waals surface area contributed by atoms with E-state index in [2.05, 4.69) is 16.0 Å². The lowest BCUT2D eigenvalue weighted by Crippen LogP contribution is -2.44. The summed E-state index contributed by atoms with van der Waals surface area (Å²) in [5.41, 5.74) is 2.60. The Hall–Kier alpha value is -3.35. The van der Waals surface area contributed by atoms with Crippen LogP contribution < -0.4 is 16.1 Å². The number of hydrogen-bond donors (Lipinski definition) is 0. The van der Waals surface area contributed by atoms with Crippen LogP contribution in [0.25, 0.3) is 21.4 Å². The molecule has 12 heteroatoms. The summed E-state index contributed by atoms with van der Waals surface area (Å²) in [6.07, 6.45) is 1.44. The molecule has 36 heavy (non-hydrogen) atoms. The molecule has 0 spiro atoms. The highest BCUT2D eigenvalue weighted by Crippen LogP contribution is 2.33. The Bertz CT molecular complexity index is 1540. The normalized spacial score (nSPS) is 14.7. The Balaban J connectivity index is 1.51. The Morgan fingerprint density at radius 1 is 1.11 bits per heavy atom. The average molecular weight is 512 g/mol. The van der Waals surface area contributed by atoms with Crippen molar-refractivity contribution in [2.45, 2.75) is 20.4 Å². The van der Waals surface area contributed by atoms with E-state index in [-0.39, 0.29) is 23.6 Å². The van der Waals surface area contributed by atoms with E-state index < -0.39 is 11.2 Å². The molecule has 11 nitrogen and oxygen atoms in total. The van der Waals surface area contributed by atoms with Gasteiger partial charge in [0.15, 0.2) is 16.3 Å². The molecule has 1 amide bonds. The molecule has 4 heterocycles. The fourth-order valence-electron chi connectivity index (χ4n) is 4.50. The maximum atomic E-state index is 13.7. The van der Waals surface area contributed by atoms with Crippen molar-refractivity contribution in [3.05, 3.63) is 50.4 Å². The predicted molar refractivity (Wildman–Crippen MR) is 139 cm³/mol. The molecule has 190 valence electrons. The molecule has 1 aromatic carbocycles. The summed E-state index contributed by atoms with van der Waals surface area (Å²) < 4.78 is 10.4. The first kappa shape index (κ1) is 24.3. The number of thiazole rings is 1. The van der Waals surface area contributed by atoms with Crippen LogP contribution >= 0.6 is 11.3 Å². The first-order valence-electron chi connectivity index (χ1n) is 11.8. The monoisotopic (exact) mass is 511 g/mol. The van der Waals surface area contributed by atoms with Gasteiger partial charge in [-0.2, -0.15) is 0 Å². The molecule has 0 radical (unpaired) electrons. The average Bonchev–Trinajstić information content (AvgIpc) is 3.50. The third kappa shape index (κ3) is 4.25. The molecule has 1 fully saturated rings. The fraction of sp³-hybridized carbons (Fsp3) is 0.458. The Morgan fingerprint density at radius 3 is 2.56 bits per heavy atom. The van der Waals surface area contributed by atoms with Crippen LogP contribution in [-0.2, 0) is 30.2 Å². The van der Waals surface area contributed by atoms with Crippen molar-refractivity contribution in [3.8, 4) is 0 Å². The molecular weight excluding hydrogens is 482 g/mol. The number of amides is 1. The maximum absolute atomic E-state index is 13.7. The second-order valence-corrected chi connectivity index (χ2v) is 10.1. The number of morpholine rings is 1. The van der Waals surface area contributed by atoms with Crippen LogP contribution in [0, 0.1) is 13.8 Å². The molecule has 3 aromatic heterocycles. The van der Waals surface area contributed by atoms with Gasteiger partial charge in [-0.25, -0.2) is 14.8 Å². The van der Waals surface area contributed by atoms with Crippen molar-refractivity contribution >= 4 is 43.8 Å². The van der Waals surface area contributed by atoms with E-state index in [4.69, 9.17) is 9.72 Å². The lowest BCUT2D eigenvalue weighted by molar-refractivity contribution is -0.119. The highest BCUT2D eigenvalue weighted by Gasteiger charge is 2.24. The molecular formula is C24H29N7O4S. The molecule has 0 atom stereocenters. The number of ether oxygens (including phenoxy) is 1. The zero-order chi connectivity index (χ0) is 25.6. The number of hydrogen-bond acceptors (Lipinski definition) is 8. The second-order valence-electron chi connectivity index (χ2n) is 9.12. The minimum atomic E-state index is -0.482. The van der Waals surface area contributed by atoms with Crippen LogP contribution in [0.4, 0.5) is 5.13 Å². The predicted octanol–water partition coefficient (Wildman–Crippen LogP) is 1.03. The van der Waals surface area contributed by atoms with Gasteiger partial charge in [-0.05, 0) is 25.0 Å². The van der Waals surface area contributed by atoms with Gasteiger partial charge in [0.05, 0.1) is 29.8 Å². The standard InChI is InChI=1S/C24H29N7O4S/c1-15-5-6-16(2)20-18(15)26-23(36-20)31(8-7-29-9-11-35-12-10-29)17(32)13-30-14-25-21-19(30)22(33)28(4)24(34)27(21)3/h5-6,14H,7-13H2,1-4H3. The van der Waals surface area contributed by atoms with Crippen LogP contribution in [0.1, 0.15) is 11.1 Å². The minimum absolute atomic E-state index is 0.0963. The number of aromatic nitrogens is 5. The highest BCUT2D eigenvalue weighted by molar-refractivity contribution is 7.22. The number of carbonyl (C=O) groups excluding carboxylic acids is 1. The Morgan fingerprint density at radius 2 is 1.83 bits per heavy atom. The highest BCUT2D eigenvalue weighted by atomic mass is 32.1. The molecule has 0 aliphatic carbocycles. The molecule has 0 N–H and O–H groups in total. The summed E-state index contributed by atoms with van der Waals surface area (Å²) in [5.74, 6) is -0.201. The summed E-state index contributed by atoms with van der Waals surface area (Å²) in [6, 6.07) is 4.11. The van der Waals surface area contributed by atoms with Crippen LogP contribution in [0.2, 0.25) is 0 Å². The van der Waals surface area contributed by atoms with E-state index in [1.165, 1.54) is 33.8 Å². The molecule has 4 aromatic rings. The van der Waals surface area contributed by atoms with E-state index in [0.29, 0.717) is 31.4 Å². The third-order valence-corrected chi connectivity index (χ3v) is 7.94. The first-order chi connectivity index (χ1) is 17.3. The van der Waals surface area contributed by atoms with Gasteiger partial charge in [-0.1, -0.05) is 23.5 Å². The van der Waals surface area contributed by atoms with E-state index in [1.54, 1.807) is 11.9 Å². The maximum Gasteiger partial charge on any atom is 0.332 e. The van der Waals surface area contributed by atoms with Crippen molar-refractivity contribution in [2.24, 2.45) is 14.1 Å². The van der Waals surface area contributed by atoms with E-state index in [9.17, 15) is 14.4 Å². The van der Waals surface area contributed by atoms with E-state index in [1.807, 2.05) is 19.9 Å². The van der Waals surface area contributed by atoms with E-state index >= 15 is 0 Å². The number of nitrogens with zero attached hydrogens (tertiary/aromatic N) is 7. The Labute approximate surface area is 211 Å². The zero-order valence-electron chi connectivity index (χ0n) is 20.9. The zero-order valence-corrected chi connectivity index (χ0v) is 21.7. The largest absolute Gasteiger partial charge is 0.379 e. The van der Waals surface area contributed by atoms with Gasteiger partial charge in [-0.15, -0.1) is 0 Å². The molecule has 1 aliphatic rings. The number of fused-ring (bicyclic) bond motifs is 2. The van der Waals surface area contributed by atoms with Crippen molar-refractivity contribution in [2.75, 3.05) is 44.3 Å². The summed E-state index contributed by atoms with van der Waals surface area (Å²) in [5, 5.41) is 0.630. The molecule has 1 aliphatic heterocycles. The lowest BCUT2D eigenvalue weighted by Gasteiger charge is -2.29. The van der Waals surface area contributed by atoms with Crippen molar-refractivity contribution in [1.29, 1.82) is 0 Å². The van der Waals surface area contributed by atoms with Crippen molar-refractivity contribution < 1.29 is 9.53 Å². The molecule has 0 bridgehead atoms. The van der Waals surface area contributed by atoms with Crippen LogP contribution in [0.15, 0.2) is 28.0 Å². The topological polar surface area (TPSA) is 107 Å². The summed E-state index contributed by atoms with van der Waals surface area (Å²) in [6.45, 7) is 8.09. The first-order valence-corrected chi connectivity index (χ1v) is 12.7. The number of aryl methyl sites for hydroxylation is 3. The summed E-state index contributed by atoms with van der Waals surface area (Å²) in [4.78, 5) is 52.0. The quantitative estimate of drug-likeness (QED) is 0.380. The molecule has 5 rings (SSSR count). The second kappa shape index (κ2) is 9.60. The Kier molecular flexibility index (Phi) is 6.49. The summed E-state index contributed by atoms with van der Waals surface area (Å²) in [7, 11) is 2.98. The summed E-state index contributed by atoms with van der Waals surface area (Å²) >= 11 is 1.50. The van der Waals surface area contributed by atoms with Crippen molar-refractivity contribution in [1.82, 2.24) is 28.6 Å². The van der Waals surface area contributed by atoms with E-state index in [0.717, 1.165) is 39.0 Å². The van der Waals surface area contributed by atoms with Gasteiger partial charge in [-0.3, -0.25) is 28.5 Å². The van der Waals surface area contributed by atoms with Gasteiger partial charge in [0.2, 0.25) is 5.91 Å². The fourth-order valence-corrected chi connectivity index (χ4v) is 5.66. The van der Waals surface area contributed by atoms with Gasteiger partial charge >= 0.3 is 5.69 Å². The lowest BCUT2D eigenvalue weighted by atomic mass is 10.1. The van der Waals surface area contributed by atoms with Gasteiger partial charge in [0.1, 0.15) is 6.54 Å². The van der Waals surface area contributed by atoms with Gasteiger partial charge in [0, 0.05) is 40.3 Å². The van der Waals surface area contributed by atoms with Crippen LogP contribution in [0.5, 0.6) is 0 Å². The number of rotatable bonds is 6. The van der Waals surface area contributed by atoms with Crippen LogP contribution in [0.3, 0.4) is 0 Å². The number of imidazole rings is 1. The van der Waals surface area contributed by atoms with Crippen molar-refractivity contribution in [3.63, 3.8) is 0 Å². The third-order valence-electron chi connectivity index (χ3n) is 6.73. The number of carbonyl (C=O) groups is 1. The van der Waals surface area contributed by atoms with Gasteiger partial charge in [0.25, 0.3) is 5.56 Å². The molecule has 1 saturated heterocycles. The molecule has 0 saturated carbocycles. The number of benzene rings is 1.